The number of anilines is 1. The van der Waals surface area contributed by atoms with Gasteiger partial charge in [0.2, 0.25) is 5.91 Å². The van der Waals surface area contributed by atoms with Crippen LogP contribution >= 0.6 is 11.6 Å². The number of amides is 1. The van der Waals surface area contributed by atoms with Crippen molar-refractivity contribution in [1.82, 2.24) is 9.78 Å². The molecule has 100 valence electrons. The summed E-state index contributed by atoms with van der Waals surface area (Å²) in [5.41, 5.74) is 1.26. The maximum Gasteiger partial charge on any atom is 0.226 e. The Morgan fingerprint density at radius 1 is 1.53 bits per heavy atom. The van der Waals surface area contributed by atoms with Crippen molar-refractivity contribution in [3.05, 3.63) is 47.0 Å². The number of aromatic nitrogens is 2. The van der Waals surface area contributed by atoms with Gasteiger partial charge in [-0.3, -0.25) is 9.48 Å². The Morgan fingerprint density at radius 2 is 2.32 bits per heavy atom. The number of hydrogen-bond acceptors (Lipinski definition) is 2. The highest BCUT2D eigenvalue weighted by Crippen LogP contribution is 2.14. The van der Waals surface area contributed by atoms with Crippen LogP contribution in [0.25, 0.3) is 0 Å². The average Bonchev–Trinajstić information content (AvgIpc) is 2.68. The van der Waals surface area contributed by atoms with E-state index in [9.17, 15) is 9.18 Å². The number of rotatable bonds is 4. The second-order valence-corrected chi connectivity index (χ2v) is 4.52. The zero-order chi connectivity index (χ0) is 13.8. The van der Waals surface area contributed by atoms with Crippen LogP contribution in [-0.4, -0.2) is 15.7 Å². The quantitative estimate of drug-likeness (QED) is 0.936. The Kier molecular flexibility index (Phi) is 4.16. The predicted molar refractivity (Wildman–Crippen MR) is 71.6 cm³/mol. The van der Waals surface area contributed by atoms with Crippen molar-refractivity contribution in [2.24, 2.45) is 0 Å². The van der Waals surface area contributed by atoms with Crippen molar-refractivity contribution >= 4 is 23.2 Å². The Bertz CT molecular complexity index is 597. The first-order chi connectivity index (χ1) is 9.06. The van der Waals surface area contributed by atoms with E-state index in [0.29, 0.717) is 17.3 Å². The van der Waals surface area contributed by atoms with Crippen LogP contribution in [0.1, 0.15) is 12.1 Å². The summed E-state index contributed by atoms with van der Waals surface area (Å²) in [7, 11) is 0. The van der Waals surface area contributed by atoms with Gasteiger partial charge in [-0.15, -0.1) is 0 Å². The zero-order valence-electron chi connectivity index (χ0n) is 10.4. The summed E-state index contributed by atoms with van der Waals surface area (Å²) in [6.07, 6.45) is 1.79. The van der Waals surface area contributed by atoms with Crippen molar-refractivity contribution in [3.8, 4) is 0 Å². The molecule has 0 radical (unpaired) electrons. The largest absolute Gasteiger partial charge is 0.326 e. The van der Waals surface area contributed by atoms with E-state index in [-0.39, 0.29) is 18.1 Å². The van der Waals surface area contributed by atoms with Crippen LogP contribution in [0.3, 0.4) is 0 Å². The molecule has 0 aliphatic rings. The zero-order valence-corrected chi connectivity index (χ0v) is 11.1. The first kappa shape index (κ1) is 13.5. The minimum atomic E-state index is -0.382. The molecule has 6 heteroatoms. The molecule has 0 bridgehead atoms. The van der Waals surface area contributed by atoms with E-state index in [2.05, 4.69) is 10.4 Å². The van der Waals surface area contributed by atoms with Crippen LogP contribution < -0.4 is 5.32 Å². The molecular formula is C13H13ClFN3O. The molecule has 0 atom stereocenters. The lowest BCUT2D eigenvalue weighted by Gasteiger charge is -2.06. The van der Waals surface area contributed by atoms with Gasteiger partial charge in [0.15, 0.2) is 0 Å². The number of aryl methyl sites for hydroxylation is 1. The van der Waals surface area contributed by atoms with Gasteiger partial charge >= 0.3 is 0 Å². The van der Waals surface area contributed by atoms with Gasteiger partial charge in [0.25, 0.3) is 0 Å². The Balaban J connectivity index is 1.90. The molecule has 2 aromatic rings. The van der Waals surface area contributed by atoms with Crippen molar-refractivity contribution in [3.63, 3.8) is 0 Å². The highest BCUT2D eigenvalue weighted by atomic mass is 35.5. The molecule has 2 rings (SSSR count). The number of benzene rings is 1. The van der Waals surface area contributed by atoms with E-state index in [0.717, 1.165) is 5.69 Å². The summed E-state index contributed by atoms with van der Waals surface area (Å²) in [6.45, 7) is 2.26. The average molecular weight is 282 g/mol. The van der Waals surface area contributed by atoms with Gasteiger partial charge < -0.3 is 5.32 Å². The van der Waals surface area contributed by atoms with Crippen molar-refractivity contribution in [2.75, 3.05) is 5.32 Å². The third-order valence-corrected chi connectivity index (χ3v) is 3.07. The molecule has 1 heterocycles. The maximum atomic E-state index is 12.9. The molecule has 19 heavy (non-hydrogen) atoms. The normalized spacial score (nSPS) is 10.5. The maximum absolute atomic E-state index is 12.9. The summed E-state index contributed by atoms with van der Waals surface area (Å²) < 4.78 is 14.6. The summed E-state index contributed by atoms with van der Waals surface area (Å²) >= 11 is 5.87. The van der Waals surface area contributed by atoms with Crippen LogP contribution in [0.4, 0.5) is 10.1 Å². The van der Waals surface area contributed by atoms with Crippen LogP contribution in [0, 0.1) is 12.7 Å². The third-order valence-electron chi connectivity index (χ3n) is 2.70. The standard InChI is InChI=1S/C13H13ClFN3O/c1-9-12(14)8-16-18(9)6-5-13(19)17-11-4-2-3-10(15)7-11/h2-4,7-8H,5-6H2,1H3,(H,17,19). The first-order valence-electron chi connectivity index (χ1n) is 5.79. The number of carbonyl (C=O) groups excluding carboxylic acids is 1. The molecular weight excluding hydrogens is 269 g/mol. The molecule has 4 nitrogen and oxygen atoms in total. The van der Waals surface area contributed by atoms with E-state index in [1.54, 1.807) is 23.0 Å². The minimum Gasteiger partial charge on any atom is -0.326 e. The predicted octanol–water partition coefficient (Wildman–Crippen LogP) is 3.01. The number of halogens is 2. The van der Waals surface area contributed by atoms with Crippen LogP contribution in [-0.2, 0) is 11.3 Å². The van der Waals surface area contributed by atoms with E-state index >= 15 is 0 Å². The van der Waals surface area contributed by atoms with Crippen molar-refractivity contribution < 1.29 is 9.18 Å². The van der Waals surface area contributed by atoms with Gasteiger partial charge in [0.05, 0.1) is 23.5 Å². The minimum absolute atomic E-state index is 0.198. The van der Waals surface area contributed by atoms with Gasteiger partial charge in [-0.2, -0.15) is 5.10 Å². The van der Waals surface area contributed by atoms with E-state index in [1.165, 1.54) is 12.1 Å². The molecule has 1 amide bonds. The molecule has 1 aromatic heterocycles. The fourth-order valence-corrected chi connectivity index (χ4v) is 1.79. The van der Waals surface area contributed by atoms with Gasteiger partial charge in [0, 0.05) is 12.1 Å². The number of nitrogens with one attached hydrogen (secondary N) is 1. The second kappa shape index (κ2) is 5.84. The summed E-state index contributed by atoms with van der Waals surface area (Å²) in [5, 5.41) is 7.25. The topological polar surface area (TPSA) is 46.9 Å². The van der Waals surface area contributed by atoms with Gasteiger partial charge in [-0.1, -0.05) is 17.7 Å². The second-order valence-electron chi connectivity index (χ2n) is 4.11. The lowest BCUT2D eigenvalue weighted by atomic mass is 10.3. The van der Waals surface area contributed by atoms with E-state index < -0.39 is 0 Å². The molecule has 0 saturated heterocycles. The lowest BCUT2D eigenvalue weighted by Crippen LogP contribution is -2.15. The molecule has 0 aliphatic carbocycles. The van der Waals surface area contributed by atoms with E-state index in [1.807, 2.05) is 6.92 Å². The van der Waals surface area contributed by atoms with Crippen LogP contribution in [0.15, 0.2) is 30.5 Å². The number of nitrogens with zero attached hydrogens (tertiary/aromatic N) is 2. The van der Waals surface area contributed by atoms with Crippen LogP contribution in [0.2, 0.25) is 5.02 Å². The van der Waals surface area contributed by atoms with Gasteiger partial charge in [-0.05, 0) is 25.1 Å². The highest BCUT2D eigenvalue weighted by molar-refractivity contribution is 6.31. The lowest BCUT2D eigenvalue weighted by molar-refractivity contribution is -0.116. The molecule has 0 saturated carbocycles. The van der Waals surface area contributed by atoms with Crippen molar-refractivity contribution in [2.45, 2.75) is 19.9 Å². The monoisotopic (exact) mass is 281 g/mol. The van der Waals surface area contributed by atoms with Crippen LogP contribution in [0.5, 0.6) is 0 Å². The van der Waals surface area contributed by atoms with Gasteiger partial charge in [-0.25, -0.2) is 4.39 Å². The molecule has 0 spiro atoms. The van der Waals surface area contributed by atoms with E-state index in [4.69, 9.17) is 11.6 Å². The smallest absolute Gasteiger partial charge is 0.226 e. The first-order valence-corrected chi connectivity index (χ1v) is 6.17. The SMILES string of the molecule is Cc1c(Cl)cnn1CCC(=O)Nc1cccc(F)c1. The molecule has 0 aliphatic heterocycles. The highest BCUT2D eigenvalue weighted by Gasteiger charge is 2.07. The molecule has 1 N–H and O–H groups in total. The third kappa shape index (κ3) is 3.54. The molecule has 0 unspecified atom stereocenters. The number of carbonyl (C=O) groups is 1. The number of hydrogen-bond donors (Lipinski definition) is 1. The molecule has 0 fully saturated rings. The Hall–Kier alpha value is -1.88. The summed E-state index contributed by atoms with van der Waals surface area (Å²) in [6, 6.07) is 5.78. The van der Waals surface area contributed by atoms with Gasteiger partial charge in [0.1, 0.15) is 5.82 Å². The molecule has 1 aromatic carbocycles. The Morgan fingerprint density at radius 3 is 2.95 bits per heavy atom. The Labute approximate surface area is 115 Å². The summed E-state index contributed by atoms with van der Waals surface area (Å²) in [5.74, 6) is -0.580. The van der Waals surface area contributed by atoms with Crippen molar-refractivity contribution in [1.29, 1.82) is 0 Å². The summed E-state index contributed by atoms with van der Waals surface area (Å²) in [4.78, 5) is 11.7. The fraction of sp³-hybridized carbons (Fsp3) is 0.231. The fourth-order valence-electron chi connectivity index (χ4n) is 1.65.